The van der Waals surface area contributed by atoms with Gasteiger partial charge >= 0.3 is 0 Å². The Morgan fingerprint density at radius 3 is 2.71 bits per heavy atom. The van der Waals surface area contributed by atoms with Crippen molar-refractivity contribution < 1.29 is 4.79 Å². The molecule has 5 heteroatoms. The number of primary amides is 1. The maximum atomic E-state index is 11.1. The molecule has 0 aliphatic heterocycles. The first-order valence-corrected chi connectivity index (χ1v) is 5.48. The monoisotopic (exact) mass is 251 g/mol. The number of amides is 1. The van der Waals surface area contributed by atoms with Gasteiger partial charge in [0, 0.05) is 11.6 Å². The summed E-state index contributed by atoms with van der Waals surface area (Å²) in [4.78, 5) is 11.1. The minimum atomic E-state index is -0.794. The van der Waals surface area contributed by atoms with Crippen LogP contribution in [0.4, 0.5) is 0 Å². The highest BCUT2D eigenvalue weighted by Gasteiger charge is 2.23. The standard InChI is InChI=1S/C12H14ClN3O/c1-12(2,11(15)17)16-7-9-4-3-8(6-14)5-10(9)13/h3-5,16H,7H2,1-2H3,(H2,15,17). The molecule has 0 radical (unpaired) electrons. The van der Waals surface area contributed by atoms with Crippen LogP contribution in [0.1, 0.15) is 25.0 Å². The summed E-state index contributed by atoms with van der Waals surface area (Å²) in [5.74, 6) is -0.428. The van der Waals surface area contributed by atoms with E-state index in [9.17, 15) is 4.79 Å². The number of hydrogen-bond acceptors (Lipinski definition) is 3. The van der Waals surface area contributed by atoms with Gasteiger partial charge in [0.2, 0.25) is 5.91 Å². The number of nitrogens with two attached hydrogens (primary N) is 1. The summed E-state index contributed by atoms with van der Waals surface area (Å²) < 4.78 is 0. The van der Waals surface area contributed by atoms with Crippen molar-refractivity contribution in [3.05, 3.63) is 34.3 Å². The van der Waals surface area contributed by atoms with Crippen molar-refractivity contribution in [2.45, 2.75) is 25.9 Å². The number of nitriles is 1. The van der Waals surface area contributed by atoms with Gasteiger partial charge in [-0.05, 0) is 31.5 Å². The Hall–Kier alpha value is -1.57. The molecule has 1 aromatic rings. The van der Waals surface area contributed by atoms with E-state index in [-0.39, 0.29) is 0 Å². The number of halogens is 1. The lowest BCUT2D eigenvalue weighted by Crippen LogP contribution is -2.50. The number of nitrogens with zero attached hydrogens (tertiary/aromatic N) is 1. The van der Waals surface area contributed by atoms with E-state index in [0.717, 1.165) is 5.56 Å². The van der Waals surface area contributed by atoms with E-state index in [1.165, 1.54) is 0 Å². The van der Waals surface area contributed by atoms with E-state index < -0.39 is 11.4 Å². The summed E-state index contributed by atoms with van der Waals surface area (Å²) in [6.07, 6.45) is 0. The lowest BCUT2D eigenvalue weighted by molar-refractivity contribution is -0.123. The van der Waals surface area contributed by atoms with Crippen molar-refractivity contribution in [3.8, 4) is 6.07 Å². The average molecular weight is 252 g/mol. The van der Waals surface area contributed by atoms with Crippen LogP contribution in [0.25, 0.3) is 0 Å². The fourth-order valence-corrected chi connectivity index (χ4v) is 1.41. The molecule has 1 amide bonds. The van der Waals surface area contributed by atoms with Gasteiger partial charge in [-0.25, -0.2) is 0 Å². The minimum absolute atomic E-state index is 0.417. The largest absolute Gasteiger partial charge is 0.368 e. The number of hydrogen-bond donors (Lipinski definition) is 2. The van der Waals surface area contributed by atoms with E-state index in [2.05, 4.69) is 5.32 Å². The molecule has 0 spiro atoms. The molecule has 4 nitrogen and oxygen atoms in total. The van der Waals surface area contributed by atoms with Crippen molar-refractivity contribution in [3.63, 3.8) is 0 Å². The molecule has 0 heterocycles. The van der Waals surface area contributed by atoms with Gasteiger partial charge in [0.25, 0.3) is 0 Å². The van der Waals surface area contributed by atoms with E-state index >= 15 is 0 Å². The van der Waals surface area contributed by atoms with Crippen molar-refractivity contribution >= 4 is 17.5 Å². The Kier molecular flexibility index (Phi) is 4.11. The molecule has 0 atom stereocenters. The second-order valence-electron chi connectivity index (χ2n) is 4.26. The third kappa shape index (κ3) is 3.45. The Bertz CT molecular complexity index is 477. The zero-order chi connectivity index (χ0) is 13.1. The molecular formula is C12H14ClN3O. The number of benzene rings is 1. The number of carbonyl (C=O) groups is 1. The van der Waals surface area contributed by atoms with Crippen LogP contribution < -0.4 is 11.1 Å². The second kappa shape index (κ2) is 5.17. The predicted molar refractivity (Wildman–Crippen MR) is 66.3 cm³/mol. The van der Waals surface area contributed by atoms with Gasteiger partial charge in [0.15, 0.2) is 0 Å². The highest BCUT2D eigenvalue weighted by atomic mass is 35.5. The molecule has 0 saturated heterocycles. The number of rotatable bonds is 4. The van der Waals surface area contributed by atoms with Crippen LogP contribution >= 0.6 is 11.6 Å². The van der Waals surface area contributed by atoms with E-state index in [0.29, 0.717) is 17.1 Å². The zero-order valence-corrected chi connectivity index (χ0v) is 10.5. The Morgan fingerprint density at radius 2 is 2.24 bits per heavy atom. The summed E-state index contributed by atoms with van der Waals surface area (Å²) in [5.41, 5.74) is 5.77. The lowest BCUT2D eigenvalue weighted by Gasteiger charge is -2.22. The maximum absolute atomic E-state index is 11.1. The highest BCUT2D eigenvalue weighted by Crippen LogP contribution is 2.18. The van der Waals surface area contributed by atoms with Crippen LogP contribution in [-0.4, -0.2) is 11.4 Å². The van der Waals surface area contributed by atoms with Gasteiger partial charge in [-0.1, -0.05) is 17.7 Å². The first-order chi connectivity index (χ1) is 7.86. The fourth-order valence-electron chi connectivity index (χ4n) is 1.16. The molecule has 0 fully saturated rings. The quantitative estimate of drug-likeness (QED) is 0.853. The third-order valence-electron chi connectivity index (χ3n) is 2.52. The summed E-state index contributed by atoms with van der Waals surface area (Å²) in [6.45, 7) is 3.82. The van der Waals surface area contributed by atoms with Gasteiger partial charge < -0.3 is 5.73 Å². The van der Waals surface area contributed by atoms with Crippen LogP contribution in [0.3, 0.4) is 0 Å². The van der Waals surface area contributed by atoms with Crippen molar-refractivity contribution in [2.75, 3.05) is 0 Å². The number of nitrogens with one attached hydrogen (secondary N) is 1. The molecular weight excluding hydrogens is 238 g/mol. The Labute approximate surface area is 105 Å². The van der Waals surface area contributed by atoms with Crippen LogP contribution in [0.2, 0.25) is 5.02 Å². The lowest BCUT2D eigenvalue weighted by atomic mass is 10.0. The summed E-state index contributed by atoms with van der Waals surface area (Å²) >= 11 is 6.01. The van der Waals surface area contributed by atoms with Crippen LogP contribution in [0.15, 0.2) is 18.2 Å². The maximum Gasteiger partial charge on any atom is 0.237 e. The van der Waals surface area contributed by atoms with Crippen LogP contribution in [0, 0.1) is 11.3 Å². The summed E-state index contributed by atoms with van der Waals surface area (Å²) in [6, 6.07) is 7.04. The van der Waals surface area contributed by atoms with Crippen molar-refractivity contribution in [2.24, 2.45) is 5.73 Å². The SMILES string of the molecule is CC(C)(NCc1ccc(C#N)cc1Cl)C(N)=O. The average Bonchev–Trinajstić information content (AvgIpc) is 2.27. The molecule has 1 aromatic carbocycles. The topological polar surface area (TPSA) is 78.9 Å². The zero-order valence-electron chi connectivity index (χ0n) is 9.75. The van der Waals surface area contributed by atoms with Gasteiger partial charge in [-0.15, -0.1) is 0 Å². The van der Waals surface area contributed by atoms with Crippen LogP contribution in [0.5, 0.6) is 0 Å². The number of carbonyl (C=O) groups excluding carboxylic acids is 1. The van der Waals surface area contributed by atoms with Crippen LogP contribution in [-0.2, 0) is 11.3 Å². The molecule has 90 valence electrons. The summed E-state index contributed by atoms with van der Waals surface area (Å²) in [5, 5.41) is 12.2. The highest BCUT2D eigenvalue weighted by molar-refractivity contribution is 6.31. The summed E-state index contributed by atoms with van der Waals surface area (Å²) in [7, 11) is 0. The van der Waals surface area contributed by atoms with Gasteiger partial charge in [-0.2, -0.15) is 5.26 Å². The molecule has 17 heavy (non-hydrogen) atoms. The smallest absolute Gasteiger partial charge is 0.237 e. The van der Waals surface area contributed by atoms with E-state index in [1.54, 1.807) is 32.0 Å². The minimum Gasteiger partial charge on any atom is -0.368 e. The Morgan fingerprint density at radius 1 is 1.59 bits per heavy atom. The molecule has 3 N–H and O–H groups in total. The van der Waals surface area contributed by atoms with Crippen molar-refractivity contribution in [1.82, 2.24) is 5.32 Å². The van der Waals surface area contributed by atoms with Gasteiger partial charge in [0.05, 0.1) is 17.2 Å². The van der Waals surface area contributed by atoms with Gasteiger partial charge in [-0.3, -0.25) is 10.1 Å². The molecule has 0 saturated carbocycles. The molecule has 0 bridgehead atoms. The van der Waals surface area contributed by atoms with E-state index in [1.807, 2.05) is 6.07 Å². The normalized spacial score (nSPS) is 10.9. The molecule has 1 rings (SSSR count). The molecule has 0 aliphatic rings. The first-order valence-electron chi connectivity index (χ1n) is 5.10. The van der Waals surface area contributed by atoms with Crippen molar-refractivity contribution in [1.29, 1.82) is 5.26 Å². The molecule has 0 aliphatic carbocycles. The Balaban J connectivity index is 2.78. The predicted octanol–water partition coefficient (Wildman–Crippen LogP) is 1.57. The second-order valence-corrected chi connectivity index (χ2v) is 4.67. The molecule has 0 aromatic heterocycles. The third-order valence-corrected chi connectivity index (χ3v) is 2.87. The van der Waals surface area contributed by atoms with Gasteiger partial charge in [0.1, 0.15) is 0 Å². The van der Waals surface area contributed by atoms with E-state index in [4.69, 9.17) is 22.6 Å². The first kappa shape index (κ1) is 13.5. The molecule has 0 unspecified atom stereocenters. The fraction of sp³-hybridized carbons (Fsp3) is 0.333.